The van der Waals surface area contributed by atoms with Gasteiger partial charge < -0.3 is 0 Å². The fourth-order valence-electron chi connectivity index (χ4n) is 2.26. The summed E-state index contributed by atoms with van der Waals surface area (Å²) in [6.07, 6.45) is 0.466. The van der Waals surface area contributed by atoms with Gasteiger partial charge in [0.15, 0.2) is 5.78 Å². The molecule has 0 aliphatic rings. The maximum atomic E-state index is 12.5. The van der Waals surface area contributed by atoms with Gasteiger partial charge in [0.25, 0.3) is 0 Å². The van der Waals surface area contributed by atoms with Crippen molar-refractivity contribution in [2.24, 2.45) is 0 Å². The summed E-state index contributed by atoms with van der Waals surface area (Å²) in [4.78, 5) is 12.5. The minimum Gasteiger partial charge on any atom is -0.294 e. The van der Waals surface area contributed by atoms with Gasteiger partial charge in [0, 0.05) is 12.0 Å². The van der Waals surface area contributed by atoms with E-state index in [0.717, 1.165) is 16.7 Å². The zero-order valence-electron chi connectivity index (χ0n) is 11.8. The van der Waals surface area contributed by atoms with Crippen molar-refractivity contribution in [1.82, 2.24) is 0 Å². The fourth-order valence-corrected chi connectivity index (χ4v) is 2.26. The number of benzene rings is 2. The highest BCUT2D eigenvalue weighted by Crippen LogP contribution is 2.26. The largest absolute Gasteiger partial charge is 0.294 e. The third kappa shape index (κ3) is 3.31. The first-order valence-electron chi connectivity index (χ1n) is 6.65. The summed E-state index contributed by atoms with van der Waals surface area (Å²) >= 11 is 0. The quantitative estimate of drug-likeness (QED) is 0.739. The summed E-state index contributed by atoms with van der Waals surface area (Å²) in [6.45, 7) is 6.42. The molecule has 0 amide bonds. The van der Waals surface area contributed by atoms with E-state index in [4.69, 9.17) is 0 Å². The van der Waals surface area contributed by atoms with Gasteiger partial charge >= 0.3 is 0 Å². The molecule has 0 radical (unpaired) electrons. The van der Waals surface area contributed by atoms with E-state index in [9.17, 15) is 4.79 Å². The van der Waals surface area contributed by atoms with Gasteiger partial charge in [-0.25, -0.2) is 0 Å². The van der Waals surface area contributed by atoms with Crippen LogP contribution in [0.3, 0.4) is 0 Å². The molecule has 0 unspecified atom stereocenters. The zero-order chi connectivity index (χ0) is 13.9. The van der Waals surface area contributed by atoms with Crippen LogP contribution in [0.15, 0.2) is 54.6 Å². The Hall–Kier alpha value is -1.89. The van der Waals surface area contributed by atoms with Gasteiger partial charge in [-0.15, -0.1) is 0 Å². The number of Topliss-reactive ketones (excluding diaryl/α,β-unsaturated/α-hetero) is 1. The van der Waals surface area contributed by atoms with Crippen molar-refractivity contribution in [2.75, 3.05) is 0 Å². The van der Waals surface area contributed by atoms with E-state index in [1.165, 1.54) is 0 Å². The molecule has 19 heavy (non-hydrogen) atoms. The van der Waals surface area contributed by atoms with Gasteiger partial charge in [0.05, 0.1) is 0 Å². The summed E-state index contributed by atoms with van der Waals surface area (Å²) in [5.41, 5.74) is 3.02. The van der Waals surface area contributed by atoms with Crippen LogP contribution >= 0.6 is 0 Å². The number of ketones is 1. The second-order valence-corrected chi connectivity index (χ2v) is 5.88. The molecule has 0 fully saturated rings. The van der Waals surface area contributed by atoms with Crippen LogP contribution in [-0.2, 0) is 11.8 Å². The van der Waals surface area contributed by atoms with Crippen LogP contribution in [0, 0.1) is 0 Å². The van der Waals surface area contributed by atoms with Gasteiger partial charge in [-0.2, -0.15) is 0 Å². The van der Waals surface area contributed by atoms with Gasteiger partial charge in [0.2, 0.25) is 0 Å². The van der Waals surface area contributed by atoms with E-state index in [1.54, 1.807) is 0 Å². The van der Waals surface area contributed by atoms with E-state index in [1.807, 2.05) is 48.5 Å². The molecule has 0 heterocycles. The smallest absolute Gasteiger partial charge is 0.167 e. The Morgan fingerprint density at radius 3 is 2.11 bits per heavy atom. The van der Waals surface area contributed by atoms with Crippen LogP contribution in [0.2, 0.25) is 0 Å². The summed E-state index contributed by atoms with van der Waals surface area (Å²) in [5.74, 6) is 0.191. The first-order chi connectivity index (χ1) is 8.98. The van der Waals surface area contributed by atoms with Crippen LogP contribution in [0.25, 0.3) is 0 Å². The van der Waals surface area contributed by atoms with Crippen LogP contribution < -0.4 is 0 Å². The molecule has 0 spiro atoms. The third-order valence-electron chi connectivity index (χ3n) is 3.24. The molecular weight excluding hydrogens is 232 g/mol. The average Bonchev–Trinajstić information content (AvgIpc) is 2.39. The number of rotatable bonds is 3. The van der Waals surface area contributed by atoms with Gasteiger partial charge in [-0.1, -0.05) is 75.4 Å². The monoisotopic (exact) mass is 252 g/mol. The fraction of sp³-hybridized carbons (Fsp3) is 0.278. The standard InChI is InChI=1S/C18H20O/c1-18(2,3)16-12-8-7-11-15(16)17(19)13-14-9-5-4-6-10-14/h4-12H,13H2,1-3H3. The van der Waals surface area contributed by atoms with Crippen molar-refractivity contribution in [3.05, 3.63) is 71.3 Å². The summed E-state index contributed by atoms with van der Waals surface area (Å²) in [7, 11) is 0. The molecule has 0 atom stereocenters. The molecule has 1 heteroatoms. The lowest BCUT2D eigenvalue weighted by atomic mass is 9.82. The Morgan fingerprint density at radius 2 is 1.47 bits per heavy atom. The molecule has 98 valence electrons. The second kappa shape index (κ2) is 5.40. The summed E-state index contributed by atoms with van der Waals surface area (Å²) < 4.78 is 0. The molecule has 1 nitrogen and oxygen atoms in total. The first kappa shape index (κ1) is 13.5. The lowest BCUT2D eigenvalue weighted by molar-refractivity contribution is 0.0991. The number of carbonyl (C=O) groups is 1. The molecule has 0 bridgehead atoms. The number of hydrogen-bond donors (Lipinski definition) is 0. The lowest BCUT2D eigenvalue weighted by Gasteiger charge is -2.22. The SMILES string of the molecule is CC(C)(C)c1ccccc1C(=O)Cc1ccccc1. The lowest BCUT2D eigenvalue weighted by Crippen LogP contribution is -2.17. The Balaban J connectivity index is 2.30. The van der Waals surface area contributed by atoms with Crippen LogP contribution in [0.5, 0.6) is 0 Å². The molecular formula is C18H20O. The molecule has 0 saturated carbocycles. The van der Waals surface area contributed by atoms with Crippen LogP contribution in [-0.4, -0.2) is 5.78 Å². The normalized spacial score (nSPS) is 11.3. The van der Waals surface area contributed by atoms with Crippen molar-refractivity contribution >= 4 is 5.78 Å². The Kier molecular flexibility index (Phi) is 3.84. The number of hydrogen-bond acceptors (Lipinski definition) is 1. The highest BCUT2D eigenvalue weighted by Gasteiger charge is 2.20. The van der Waals surface area contributed by atoms with Gasteiger partial charge in [0.1, 0.15) is 0 Å². The third-order valence-corrected chi connectivity index (χ3v) is 3.24. The molecule has 0 aromatic heterocycles. The predicted molar refractivity (Wildman–Crippen MR) is 79.6 cm³/mol. The maximum absolute atomic E-state index is 12.5. The Morgan fingerprint density at radius 1 is 0.895 bits per heavy atom. The maximum Gasteiger partial charge on any atom is 0.167 e. The van der Waals surface area contributed by atoms with E-state index in [2.05, 4.69) is 26.8 Å². The predicted octanol–water partition coefficient (Wildman–Crippen LogP) is 4.41. The van der Waals surface area contributed by atoms with Crippen molar-refractivity contribution in [1.29, 1.82) is 0 Å². The number of carbonyl (C=O) groups excluding carboxylic acids is 1. The molecule has 2 aromatic carbocycles. The molecule has 0 aliphatic heterocycles. The Bertz CT molecular complexity index is 562. The van der Waals surface area contributed by atoms with E-state index >= 15 is 0 Å². The average molecular weight is 252 g/mol. The van der Waals surface area contributed by atoms with Crippen molar-refractivity contribution in [3.8, 4) is 0 Å². The molecule has 0 aliphatic carbocycles. The zero-order valence-corrected chi connectivity index (χ0v) is 11.8. The molecule has 0 saturated heterocycles. The van der Waals surface area contributed by atoms with E-state index < -0.39 is 0 Å². The van der Waals surface area contributed by atoms with Crippen molar-refractivity contribution in [3.63, 3.8) is 0 Å². The Labute approximate surface area is 115 Å². The molecule has 0 N–H and O–H groups in total. The highest BCUT2D eigenvalue weighted by atomic mass is 16.1. The topological polar surface area (TPSA) is 17.1 Å². The van der Waals surface area contributed by atoms with E-state index in [0.29, 0.717) is 6.42 Å². The van der Waals surface area contributed by atoms with Crippen LogP contribution in [0.4, 0.5) is 0 Å². The van der Waals surface area contributed by atoms with E-state index in [-0.39, 0.29) is 11.2 Å². The summed E-state index contributed by atoms with van der Waals surface area (Å²) in [6, 6.07) is 17.8. The second-order valence-electron chi connectivity index (χ2n) is 5.88. The highest BCUT2D eigenvalue weighted by molar-refractivity contribution is 5.99. The first-order valence-corrected chi connectivity index (χ1v) is 6.65. The van der Waals surface area contributed by atoms with Gasteiger partial charge in [-0.05, 0) is 16.5 Å². The van der Waals surface area contributed by atoms with Gasteiger partial charge in [-0.3, -0.25) is 4.79 Å². The molecule has 2 aromatic rings. The summed E-state index contributed by atoms with van der Waals surface area (Å²) in [5, 5.41) is 0. The minimum absolute atomic E-state index is 0.0110. The van der Waals surface area contributed by atoms with Crippen molar-refractivity contribution in [2.45, 2.75) is 32.6 Å². The minimum atomic E-state index is -0.0110. The van der Waals surface area contributed by atoms with Crippen molar-refractivity contribution < 1.29 is 4.79 Å². The molecule has 2 rings (SSSR count). The van der Waals surface area contributed by atoms with Crippen LogP contribution in [0.1, 0.15) is 42.3 Å².